The number of hydrogen-bond donors (Lipinski definition) is 2. The van der Waals surface area contributed by atoms with Crippen LogP contribution in [0.25, 0.3) is 0 Å². The van der Waals surface area contributed by atoms with E-state index >= 15 is 0 Å². The first-order valence-electron chi connectivity index (χ1n) is 7.00. The highest BCUT2D eigenvalue weighted by Crippen LogP contribution is 2.58. The smallest absolute Gasteiger partial charge is 0.228 e. The molecule has 1 amide bonds. The lowest BCUT2D eigenvalue weighted by atomic mass is 9.92. The average Bonchev–Trinajstić information content (AvgIpc) is 3.15. The Labute approximate surface area is 127 Å². The van der Waals surface area contributed by atoms with E-state index in [1.807, 2.05) is 18.2 Å². The number of carbonyl (C=O) groups is 1. The lowest BCUT2D eigenvalue weighted by Crippen LogP contribution is -2.31. The van der Waals surface area contributed by atoms with Gasteiger partial charge in [-0.2, -0.15) is 0 Å². The van der Waals surface area contributed by atoms with Crippen molar-refractivity contribution >= 4 is 27.5 Å². The highest BCUT2D eigenvalue weighted by atomic mass is 79.9. The fraction of sp³-hybridized carbons (Fsp3) is 0.533. The van der Waals surface area contributed by atoms with Gasteiger partial charge in [-0.1, -0.05) is 0 Å². The number of anilines is 1. The van der Waals surface area contributed by atoms with Gasteiger partial charge in [0, 0.05) is 17.7 Å². The third-order valence-corrected chi connectivity index (χ3v) is 5.18. The summed E-state index contributed by atoms with van der Waals surface area (Å²) in [5, 5.41) is 6.37. The molecule has 1 atom stereocenters. The largest absolute Gasteiger partial charge is 0.495 e. The number of hydrogen-bond acceptors (Lipinski definition) is 3. The minimum absolute atomic E-state index is 0.149. The van der Waals surface area contributed by atoms with Gasteiger partial charge in [-0.05, 0) is 65.8 Å². The molecule has 1 aromatic rings. The van der Waals surface area contributed by atoms with Crippen molar-refractivity contribution in [2.75, 3.05) is 25.5 Å². The third kappa shape index (κ3) is 2.56. The summed E-state index contributed by atoms with van der Waals surface area (Å²) in [4.78, 5) is 12.3. The van der Waals surface area contributed by atoms with Crippen molar-refractivity contribution in [2.45, 2.75) is 19.3 Å². The van der Waals surface area contributed by atoms with Crippen LogP contribution in [-0.4, -0.2) is 26.1 Å². The molecule has 2 fully saturated rings. The van der Waals surface area contributed by atoms with Crippen molar-refractivity contribution in [3.8, 4) is 5.75 Å². The molecule has 2 aliphatic rings. The molecule has 3 rings (SSSR count). The van der Waals surface area contributed by atoms with E-state index in [2.05, 4.69) is 26.6 Å². The Hall–Kier alpha value is -1.07. The van der Waals surface area contributed by atoms with Gasteiger partial charge in [0.1, 0.15) is 5.75 Å². The number of benzene rings is 1. The number of carbonyl (C=O) groups excluding carboxylic acids is 1. The predicted molar refractivity (Wildman–Crippen MR) is 82.0 cm³/mol. The Bertz CT molecular complexity index is 527. The number of nitrogens with one attached hydrogen (secondary N) is 2. The van der Waals surface area contributed by atoms with E-state index in [9.17, 15) is 4.79 Å². The second kappa shape index (κ2) is 5.37. The molecule has 20 heavy (non-hydrogen) atoms. The number of piperidine rings is 1. The van der Waals surface area contributed by atoms with E-state index in [0.717, 1.165) is 48.3 Å². The zero-order valence-corrected chi connectivity index (χ0v) is 13.1. The Kier molecular flexibility index (Phi) is 3.73. The van der Waals surface area contributed by atoms with Crippen molar-refractivity contribution in [1.82, 2.24) is 5.32 Å². The van der Waals surface area contributed by atoms with Crippen molar-refractivity contribution in [1.29, 1.82) is 0 Å². The summed E-state index contributed by atoms with van der Waals surface area (Å²) in [6.45, 7) is 2.08. The highest BCUT2D eigenvalue weighted by molar-refractivity contribution is 9.10. The lowest BCUT2D eigenvalue weighted by molar-refractivity contribution is -0.118. The number of methoxy groups -OCH3 is 1. The second-order valence-electron chi connectivity index (χ2n) is 5.71. The molecular weight excluding hydrogens is 320 g/mol. The summed E-state index contributed by atoms with van der Waals surface area (Å²) >= 11 is 3.41. The highest BCUT2D eigenvalue weighted by Gasteiger charge is 2.57. The maximum atomic E-state index is 12.3. The van der Waals surface area contributed by atoms with Gasteiger partial charge in [-0.15, -0.1) is 0 Å². The molecule has 1 heterocycles. The molecule has 108 valence electrons. The molecule has 4 nitrogen and oxygen atoms in total. The Morgan fingerprint density at radius 2 is 2.20 bits per heavy atom. The van der Waals surface area contributed by atoms with E-state index in [1.165, 1.54) is 0 Å². The van der Waals surface area contributed by atoms with Crippen molar-refractivity contribution in [2.24, 2.45) is 11.3 Å². The predicted octanol–water partition coefficient (Wildman–Crippen LogP) is 2.79. The molecule has 5 heteroatoms. The minimum Gasteiger partial charge on any atom is -0.495 e. The number of halogens is 1. The molecule has 0 aromatic heterocycles. The standard InChI is InChI=1S/C15H19BrN2O2/c1-20-13-8-10(2-3-12(13)16)18-14(19)11-9-15(11)4-6-17-7-5-15/h2-3,8,11,17H,4-7,9H2,1H3,(H,18,19). The molecule has 1 aliphatic carbocycles. The Morgan fingerprint density at radius 1 is 1.45 bits per heavy atom. The monoisotopic (exact) mass is 338 g/mol. The Balaban J connectivity index is 1.65. The lowest BCUT2D eigenvalue weighted by Gasteiger charge is -2.23. The number of rotatable bonds is 3. The second-order valence-corrected chi connectivity index (χ2v) is 6.56. The zero-order chi connectivity index (χ0) is 14.2. The molecule has 2 N–H and O–H groups in total. The van der Waals surface area contributed by atoms with E-state index < -0.39 is 0 Å². The molecule has 1 saturated carbocycles. The van der Waals surface area contributed by atoms with Crippen LogP contribution >= 0.6 is 15.9 Å². The first-order valence-corrected chi connectivity index (χ1v) is 7.79. The molecule has 1 aromatic carbocycles. The van der Waals surface area contributed by atoms with Crippen LogP contribution in [0.5, 0.6) is 5.75 Å². The summed E-state index contributed by atoms with van der Waals surface area (Å²) in [6.07, 6.45) is 3.28. The van der Waals surface area contributed by atoms with Gasteiger partial charge in [0.25, 0.3) is 0 Å². The van der Waals surface area contributed by atoms with E-state index in [4.69, 9.17) is 4.74 Å². The van der Waals surface area contributed by atoms with Crippen LogP contribution in [0.1, 0.15) is 19.3 Å². The van der Waals surface area contributed by atoms with Gasteiger partial charge >= 0.3 is 0 Å². The molecule has 1 unspecified atom stereocenters. The fourth-order valence-electron chi connectivity index (χ4n) is 3.16. The number of ether oxygens (including phenoxy) is 1. The van der Waals surface area contributed by atoms with Crippen LogP contribution < -0.4 is 15.4 Å². The van der Waals surface area contributed by atoms with E-state index in [0.29, 0.717) is 0 Å². The number of amides is 1. The van der Waals surface area contributed by atoms with Crippen LogP contribution in [0, 0.1) is 11.3 Å². The first kappa shape index (κ1) is 13.9. The Morgan fingerprint density at radius 3 is 2.90 bits per heavy atom. The summed E-state index contributed by atoms with van der Waals surface area (Å²) in [5.74, 6) is 1.06. The average molecular weight is 339 g/mol. The van der Waals surface area contributed by atoms with Gasteiger partial charge in [0.05, 0.1) is 11.6 Å². The molecule has 1 aliphatic heterocycles. The summed E-state index contributed by atoms with van der Waals surface area (Å²) < 4.78 is 6.13. The molecule has 1 saturated heterocycles. The van der Waals surface area contributed by atoms with E-state index in [1.54, 1.807) is 7.11 Å². The maximum absolute atomic E-state index is 12.3. The summed E-state index contributed by atoms with van der Waals surface area (Å²) in [7, 11) is 1.62. The van der Waals surface area contributed by atoms with Crippen LogP contribution in [0.15, 0.2) is 22.7 Å². The first-order chi connectivity index (χ1) is 9.64. The van der Waals surface area contributed by atoms with Gasteiger partial charge in [0.2, 0.25) is 5.91 Å². The van der Waals surface area contributed by atoms with Crippen LogP contribution in [0.4, 0.5) is 5.69 Å². The quantitative estimate of drug-likeness (QED) is 0.890. The van der Waals surface area contributed by atoms with Gasteiger partial charge in [0.15, 0.2) is 0 Å². The van der Waals surface area contributed by atoms with Crippen molar-refractivity contribution in [3.05, 3.63) is 22.7 Å². The van der Waals surface area contributed by atoms with Gasteiger partial charge in [-0.3, -0.25) is 4.79 Å². The van der Waals surface area contributed by atoms with Crippen LogP contribution in [-0.2, 0) is 4.79 Å². The fourth-order valence-corrected chi connectivity index (χ4v) is 3.57. The van der Waals surface area contributed by atoms with Crippen molar-refractivity contribution < 1.29 is 9.53 Å². The topological polar surface area (TPSA) is 50.4 Å². The van der Waals surface area contributed by atoms with E-state index in [-0.39, 0.29) is 17.2 Å². The minimum atomic E-state index is 0.149. The summed E-state index contributed by atoms with van der Waals surface area (Å²) in [5.41, 5.74) is 1.07. The maximum Gasteiger partial charge on any atom is 0.228 e. The molecule has 0 bridgehead atoms. The molecule has 0 radical (unpaired) electrons. The SMILES string of the molecule is COc1cc(NC(=O)C2CC23CCNCC3)ccc1Br. The summed E-state index contributed by atoms with van der Waals surface area (Å²) in [6, 6.07) is 5.63. The van der Waals surface area contributed by atoms with Gasteiger partial charge in [-0.25, -0.2) is 0 Å². The zero-order valence-electron chi connectivity index (χ0n) is 11.5. The van der Waals surface area contributed by atoms with Crippen LogP contribution in [0.3, 0.4) is 0 Å². The normalized spacial score (nSPS) is 23.4. The third-order valence-electron chi connectivity index (χ3n) is 4.52. The van der Waals surface area contributed by atoms with Gasteiger partial charge < -0.3 is 15.4 Å². The molecule has 1 spiro atoms. The molecular formula is C15H19BrN2O2. The van der Waals surface area contributed by atoms with Crippen molar-refractivity contribution in [3.63, 3.8) is 0 Å². The van der Waals surface area contributed by atoms with Crippen LogP contribution in [0.2, 0.25) is 0 Å².